The van der Waals surface area contributed by atoms with Crippen LogP contribution >= 0.6 is 0 Å². The van der Waals surface area contributed by atoms with E-state index in [2.05, 4.69) is 0 Å². The van der Waals surface area contributed by atoms with Crippen LogP contribution in [0.1, 0.15) is 39.5 Å². The Labute approximate surface area is 109 Å². The third kappa shape index (κ3) is 12.6. The molecule has 0 aliphatic carbocycles. The quantitative estimate of drug-likeness (QED) is 0.549. The molecule has 0 amide bonds. The summed E-state index contributed by atoms with van der Waals surface area (Å²) in [5, 5.41) is 10.4. The summed E-state index contributed by atoms with van der Waals surface area (Å²) in [6.45, 7) is 3.98. The molecule has 0 radical (unpaired) electrons. The maximum Gasteiger partial charge on any atom is 2.00 e. The largest absolute Gasteiger partial charge is 2.00 e. The molecule has 13 heavy (non-hydrogen) atoms. The van der Waals surface area contributed by atoms with Crippen molar-refractivity contribution in [1.29, 1.82) is 0 Å². The molecule has 4 N–H and O–H groups in total. The summed E-state index contributed by atoms with van der Waals surface area (Å²) in [4.78, 5) is 10.4. The minimum atomic E-state index is -0.885. The van der Waals surface area contributed by atoms with Crippen molar-refractivity contribution in [2.75, 3.05) is 0 Å². The second kappa shape index (κ2) is 15.1. The van der Waals surface area contributed by atoms with Crippen LogP contribution in [0.4, 0.5) is 0 Å². The number of carboxylic acids is 1. The average molecular weight is 219 g/mol. The fourth-order valence-corrected chi connectivity index (χ4v) is 1.08. The van der Waals surface area contributed by atoms with E-state index in [0.29, 0.717) is 0 Å². The summed E-state index contributed by atoms with van der Waals surface area (Å²) in [5.74, 6) is -1.10. The Morgan fingerprint density at radius 2 is 1.46 bits per heavy atom. The van der Waals surface area contributed by atoms with Crippen molar-refractivity contribution >= 4 is 43.7 Å². The molecule has 0 bridgehead atoms. The van der Waals surface area contributed by atoms with Crippen LogP contribution in [0.5, 0.6) is 0 Å². The van der Waals surface area contributed by atoms with Crippen LogP contribution < -0.4 is 5.11 Å². The molecule has 0 atom stereocenters. The minimum Gasteiger partial charge on any atom is -0.550 e. The van der Waals surface area contributed by atoms with Crippen LogP contribution in [0.3, 0.4) is 0 Å². The molecule has 76 valence electrons. The third-order valence-corrected chi connectivity index (χ3v) is 1.61. The van der Waals surface area contributed by atoms with E-state index in [1.54, 1.807) is 0 Å². The maximum atomic E-state index is 10.4. The number of aliphatic carboxylic acids is 1. The van der Waals surface area contributed by atoms with Gasteiger partial charge in [0.1, 0.15) is 0 Å². The van der Waals surface area contributed by atoms with Crippen LogP contribution in [-0.4, -0.2) is 54.7 Å². The first-order chi connectivity index (χ1) is 4.72. The molecule has 0 saturated heterocycles. The van der Waals surface area contributed by atoms with Gasteiger partial charge in [0, 0.05) is 5.97 Å². The zero-order chi connectivity index (χ0) is 7.98. The molecule has 0 unspecified atom stereocenters. The van der Waals surface area contributed by atoms with Gasteiger partial charge in [-0.1, -0.05) is 26.7 Å². The monoisotopic (exact) mass is 219 g/mol. The van der Waals surface area contributed by atoms with Crippen molar-refractivity contribution < 1.29 is 20.9 Å². The molecule has 0 fully saturated rings. The second-order valence-corrected chi connectivity index (χ2v) is 2.59. The summed E-state index contributed by atoms with van der Waals surface area (Å²) in [5.41, 5.74) is 0. The van der Waals surface area contributed by atoms with Gasteiger partial charge in [-0.2, -0.15) is 0 Å². The topological polar surface area (TPSA) is 103 Å². The van der Waals surface area contributed by atoms with E-state index in [1.165, 1.54) is 0 Å². The van der Waals surface area contributed by atoms with Gasteiger partial charge in [-0.25, -0.2) is 0 Å². The molecule has 0 aromatic rings. The smallest absolute Gasteiger partial charge is 0.550 e. The van der Waals surface area contributed by atoms with Crippen LogP contribution in [0.15, 0.2) is 0 Å². The Hall–Kier alpha value is 0.650. The van der Waals surface area contributed by atoms with Crippen molar-refractivity contribution in [3.63, 3.8) is 0 Å². The molecule has 0 heterocycles. The van der Waals surface area contributed by atoms with Crippen LogP contribution in [0.25, 0.3) is 0 Å². The van der Waals surface area contributed by atoms with E-state index in [9.17, 15) is 9.90 Å². The van der Waals surface area contributed by atoms with Gasteiger partial charge in [0.2, 0.25) is 0 Å². The normalized spacial score (nSPS) is 7.92. The number of carboxylic acid groups (broad SMARTS) is 1. The van der Waals surface area contributed by atoms with Gasteiger partial charge in [-0.05, 0) is 18.8 Å². The molecule has 0 aromatic heterocycles. The molecule has 0 spiro atoms. The number of carbonyl (C=O) groups excluding carboxylic acids is 1. The molecule has 0 aromatic carbocycles. The number of hydrogen-bond donors (Lipinski definition) is 0. The zero-order valence-corrected chi connectivity index (χ0v) is 10.6. The Bertz CT molecular complexity index is 102. The van der Waals surface area contributed by atoms with Gasteiger partial charge in [0.05, 0.1) is 0 Å². The van der Waals surface area contributed by atoms with E-state index in [1.807, 2.05) is 13.8 Å². The average Bonchev–Trinajstić information content (AvgIpc) is 1.87. The van der Waals surface area contributed by atoms with Crippen molar-refractivity contribution in [3.8, 4) is 0 Å². The Kier molecular flexibility index (Phi) is 27.3. The third-order valence-electron chi connectivity index (χ3n) is 1.61. The first-order valence-electron chi connectivity index (χ1n) is 3.93. The summed E-state index contributed by atoms with van der Waals surface area (Å²) in [6, 6.07) is 0. The predicted molar refractivity (Wildman–Crippen MR) is 51.3 cm³/mol. The molecule has 0 aliphatic rings. The van der Waals surface area contributed by atoms with Gasteiger partial charge in [0.25, 0.3) is 0 Å². The Morgan fingerprint density at radius 3 is 1.62 bits per heavy atom. The van der Waals surface area contributed by atoms with E-state index in [0.717, 1.165) is 25.7 Å². The first kappa shape index (κ1) is 23.5. The van der Waals surface area contributed by atoms with Gasteiger partial charge in [-0.15, -0.1) is 0 Å². The number of carbonyl (C=O) groups is 1. The summed E-state index contributed by atoms with van der Waals surface area (Å²) in [6.07, 6.45) is 3.38. The fourth-order valence-electron chi connectivity index (χ4n) is 1.08. The molecular weight excluding hydrogens is 200 g/mol. The fraction of sp³-hybridized carbons (Fsp3) is 0.875. The molecule has 5 heteroatoms. The van der Waals surface area contributed by atoms with Gasteiger partial charge in [-0.3, -0.25) is 0 Å². The summed E-state index contributed by atoms with van der Waals surface area (Å²) >= 11 is 0. The number of hydrogen-bond acceptors (Lipinski definition) is 2. The van der Waals surface area contributed by atoms with Crippen molar-refractivity contribution in [2.24, 2.45) is 5.92 Å². The Morgan fingerprint density at radius 1 is 1.15 bits per heavy atom. The summed E-state index contributed by atoms with van der Waals surface area (Å²) < 4.78 is 0. The van der Waals surface area contributed by atoms with Crippen molar-refractivity contribution in [3.05, 3.63) is 0 Å². The minimum absolute atomic E-state index is 0. The predicted octanol–water partition coefficient (Wildman–Crippen LogP) is -1.08. The second-order valence-electron chi connectivity index (χ2n) is 2.59. The van der Waals surface area contributed by atoms with Crippen molar-refractivity contribution in [1.82, 2.24) is 0 Å². The van der Waals surface area contributed by atoms with Crippen molar-refractivity contribution in [2.45, 2.75) is 39.5 Å². The molecule has 0 saturated carbocycles. The first-order valence-corrected chi connectivity index (χ1v) is 3.93. The Balaban J connectivity index is -0.000000135. The molecule has 0 rings (SSSR count). The van der Waals surface area contributed by atoms with Crippen LogP contribution in [0, 0.1) is 5.92 Å². The van der Waals surface area contributed by atoms with E-state index < -0.39 is 5.97 Å². The van der Waals surface area contributed by atoms with Gasteiger partial charge < -0.3 is 20.9 Å². The number of rotatable bonds is 5. The van der Waals surface area contributed by atoms with Crippen LogP contribution in [-0.2, 0) is 4.79 Å². The maximum absolute atomic E-state index is 10.4. The van der Waals surface area contributed by atoms with E-state index in [4.69, 9.17) is 0 Å². The van der Waals surface area contributed by atoms with Crippen LogP contribution in [0.2, 0.25) is 0 Å². The summed E-state index contributed by atoms with van der Waals surface area (Å²) in [7, 11) is 0. The molecular formula is C8H19CaO4+. The SMILES string of the molecule is CCCC(CCC)C(=O)[O-].O.O.[Ca+2]. The molecule has 4 nitrogen and oxygen atoms in total. The van der Waals surface area contributed by atoms with Gasteiger partial charge in [0.15, 0.2) is 0 Å². The zero-order valence-electron chi connectivity index (χ0n) is 8.43. The van der Waals surface area contributed by atoms with Gasteiger partial charge >= 0.3 is 37.7 Å². The van der Waals surface area contributed by atoms with E-state index >= 15 is 0 Å². The standard InChI is InChI=1S/C8H16O2.Ca.2H2O/c1-3-5-7(6-4-2)8(9)10;;;/h7H,3-6H2,1-2H3,(H,9,10);;2*1H2/q;+2;;/p-1. The molecule has 0 aliphatic heterocycles. The van der Waals surface area contributed by atoms with E-state index in [-0.39, 0.29) is 54.6 Å².